The van der Waals surface area contributed by atoms with Gasteiger partial charge in [0.25, 0.3) is 12.3 Å². The first-order chi connectivity index (χ1) is 21.8. The molecule has 3 aliphatic rings. The van der Waals surface area contributed by atoms with E-state index >= 15 is 0 Å². The minimum Gasteiger partial charge on any atom is -0.492 e. The summed E-state index contributed by atoms with van der Waals surface area (Å²) in [4.78, 5) is 31.0. The number of fused-ring (bicyclic) bond motifs is 2. The summed E-state index contributed by atoms with van der Waals surface area (Å²) in [7, 11) is 0. The second-order valence-electron chi connectivity index (χ2n) is 12.1. The largest absolute Gasteiger partial charge is 0.523 e. The number of nitrogens with one attached hydrogen (secondary N) is 3. The number of benzene rings is 1. The number of carbonyl (C=O) groups is 2. The first-order valence-electron chi connectivity index (χ1n) is 14.6. The van der Waals surface area contributed by atoms with Crippen LogP contribution in [0, 0.1) is 0 Å². The number of pyridine rings is 1. The molecule has 0 radical (unpaired) electrons. The van der Waals surface area contributed by atoms with Crippen molar-refractivity contribution in [2.75, 3.05) is 48.8 Å². The molecule has 0 bridgehead atoms. The van der Waals surface area contributed by atoms with Gasteiger partial charge < -0.3 is 25.8 Å². The highest BCUT2D eigenvalue weighted by Crippen LogP contribution is 2.46. The molecule has 258 valence electrons. The van der Waals surface area contributed by atoms with Crippen LogP contribution in [0.25, 0.3) is 0 Å². The number of halogens is 8. The smallest absolute Gasteiger partial charge is 0.492 e. The third-order valence-electron chi connectivity index (χ3n) is 8.44. The van der Waals surface area contributed by atoms with E-state index in [9.17, 15) is 49.8 Å². The molecule has 1 saturated heterocycles. The number of anilines is 3. The van der Waals surface area contributed by atoms with Crippen LogP contribution < -0.4 is 20.7 Å². The van der Waals surface area contributed by atoms with E-state index in [1.807, 2.05) is 10.2 Å². The fraction of sp³-hybridized carbons (Fsp3) is 0.552. The normalized spacial score (nSPS) is 22.5. The van der Waals surface area contributed by atoms with Crippen LogP contribution in [0.2, 0.25) is 0 Å². The zero-order chi connectivity index (χ0) is 34.4. The number of carbonyl (C=O) groups excluding carboxylic acids is 2. The minimum absolute atomic E-state index is 0.0843. The Morgan fingerprint density at radius 3 is 2.43 bits per heavy atom. The van der Waals surface area contributed by atoms with Crippen LogP contribution in [0.3, 0.4) is 0 Å². The third-order valence-corrected chi connectivity index (χ3v) is 8.44. The van der Waals surface area contributed by atoms with Gasteiger partial charge in [-0.3, -0.25) is 19.2 Å². The summed E-state index contributed by atoms with van der Waals surface area (Å²) in [5.74, 6) is -2.06. The van der Waals surface area contributed by atoms with Crippen molar-refractivity contribution in [3.05, 3.63) is 41.2 Å². The van der Waals surface area contributed by atoms with Gasteiger partial charge in [-0.25, -0.2) is 13.8 Å². The number of rotatable bonds is 10. The number of hydrogen-bond donors (Lipinski definition) is 4. The first-order valence-corrected chi connectivity index (χ1v) is 14.6. The van der Waals surface area contributed by atoms with Crippen molar-refractivity contribution in [2.45, 2.75) is 68.6 Å². The topological polar surface area (TPSA) is 125 Å². The molecular formula is C29H31F8N5O5. The standard InChI is InChI=1S/C29H31F8N5O5/c1-26(45)12-15(13-26)38-22-17(28(32,33)34)10-16(11-20(22)39-21(43)14-47-29(35,36)37)46-9-8-42-6-4-27(5-7-42)23-18(41-25(27)44)2-3-19(40-23)24(30)31/h2-3,10-11,15,24,38,45H,4-9,12-14H2,1H3,(H,39,43)(H,41,44). The van der Waals surface area contributed by atoms with E-state index in [2.05, 4.69) is 20.4 Å². The quantitative estimate of drug-likeness (QED) is 0.253. The predicted molar refractivity (Wildman–Crippen MR) is 150 cm³/mol. The Morgan fingerprint density at radius 2 is 1.83 bits per heavy atom. The van der Waals surface area contributed by atoms with Crippen LogP contribution in [-0.4, -0.2) is 77.7 Å². The van der Waals surface area contributed by atoms with E-state index in [0.29, 0.717) is 24.8 Å². The van der Waals surface area contributed by atoms with Gasteiger partial charge in [0.05, 0.1) is 39.3 Å². The van der Waals surface area contributed by atoms with E-state index < -0.39 is 71.2 Å². The molecule has 1 saturated carbocycles. The minimum atomic E-state index is -5.15. The molecule has 1 aromatic heterocycles. The van der Waals surface area contributed by atoms with Gasteiger partial charge >= 0.3 is 12.5 Å². The summed E-state index contributed by atoms with van der Waals surface area (Å²) in [6.07, 6.45) is -12.3. The second kappa shape index (κ2) is 12.7. The number of amides is 2. The lowest BCUT2D eigenvalue weighted by molar-refractivity contribution is -0.320. The van der Waals surface area contributed by atoms with E-state index in [0.717, 1.165) is 12.1 Å². The van der Waals surface area contributed by atoms with E-state index in [1.54, 1.807) is 0 Å². The Morgan fingerprint density at radius 1 is 1.15 bits per heavy atom. The summed E-state index contributed by atoms with van der Waals surface area (Å²) >= 11 is 0. The summed E-state index contributed by atoms with van der Waals surface area (Å²) in [6, 6.07) is 3.65. The molecule has 3 heterocycles. The molecule has 10 nitrogen and oxygen atoms in total. The third kappa shape index (κ3) is 7.86. The molecule has 2 aromatic rings. The Kier molecular flexibility index (Phi) is 9.33. The van der Waals surface area contributed by atoms with E-state index in [1.165, 1.54) is 13.0 Å². The van der Waals surface area contributed by atoms with Crippen molar-refractivity contribution < 1.29 is 59.3 Å². The van der Waals surface area contributed by atoms with Gasteiger partial charge in [-0.1, -0.05) is 0 Å². The Balaban J connectivity index is 1.28. The molecule has 4 N–H and O–H groups in total. The lowest BCUT2D eigenvalue weighted by Gasteiger charge is -2.42. The number of aliphatic hydroxyl groups is 1. The van der Waals surface area contributed by atoms with Crippen molar-refractivity contribution in [3.63, 3.8) is 0 Å². The SMILES string of the molecule is CC1(O)CC(Nc2c(NC(=O)COC(F)(F)F)cc(OCCN3CCC4(CC3)C(=O)Nc3ccc(C(F)F)nc34)cc2C(F)(F)F)C1. The lowest BCUT2D eigenvalue weighted by atomic mass is 9.76. The van der Waals surface area contributed by atoms with Crippen molar-refractivity contribution >= 4 is 28.9 Å². The highest BCUT2D eigenvalue weighted by atomic mass is 19.4. The summed E-state index contributed by atoms with van der Waals surface area (Å²) < 4.78 is 116. The van der Waals surface area contributed by atoms with E-state index in [4.69, 9.17) is 4.74 Å². The van der Waals surface area contributed by atoms with Crippen LogP contribution >= 0.6 is 0 Å². The van der Waals surface area contributed by atoms with Crippen LogP contribution in [0.1, 0.15) is 56.0 Å². The van der Waals surface area contributed by atoms with Gasteiger partial charge in [0.2, 0.25) is 5.91 Å². The fourth-order valence-corrected chi connectivity index (χ4v) is 6.14. The number of likely N-dealkylation sites (tertiary alicyclic amines) is 1. The summed E-state index contributed by atoms with van der Waals surface area (Å²) in [6.45, 7) is 0.662. The maximum Gasteiger partial charge on any atom is 0.523 e. The van der Waals surface area contributed by atoms with Crippen molar-refractivity contribution in [3.8, 4) is 5.75 Å². The molecule has 0 unspecified atom stereocenters. The number of ether oxygens (including phenoxy) is 2. The Labute approximate surface area is 262 Å². The van der Waals surface area contributed by atoms with Gasteiger partial charge in [-0.2, -0.15) is 13.2 Å². The van der Waals surface area contributed by atoms with Gasteiger partial charge in [0.1, 0.15) is 24.7 Å². The van der Waals surface area contributed by atoms with Crippen LogP contribution in [-0.2, 0) is 25.9 Å². The van der Waals surface area contributed by atoms with Crippen molar-refractivity contribution in [1.82, 2.24) is 9.88 Å². The number of alkyl halides is 8. The molecular weight excluding hydrogens is 650 g/mol. The van der Waals surface area contributed by atoms with Crippen LogP contribution in [0.5, 0.6) is 5.75 Å². The number of piperidine rings is 1. The monoisotopic (exact) mass is 681 g/mol. The molecule has 47 heavy (non-hydrogen) atoms. The molecule has 1 aromatic carbocycles. The molecule has 5 rings (SSSR count). The molecule has 2 aliphatic heterocycles. The molecule has 2 amide bonds. The van der Waals surface area contributed by atoms with Crippen molar-refractivity contribution in [2.24, 2.45) is 0 Å². The van der Waals surface area contributed by atoms with Gasteiger partial charge in [-0.15, -0.1) is 13.2 Å². The highest BCUT2D eigenvalue weighted by Gasteiger charge is 2.50. The maximum absolute atomic E-state index is 14.2. The maximum atomic E-state index is 14.2. The predicted octanol–water partition coefficient (Wildman–Crippen LogP) is 5.20. The Bertz CT molecular complexity index is 1500. The highest BCUT2D eigenvalue weighted by molar-refractivity contribution is 6.05. The molecule has 18 heteroatoms. The van der Waals surface area contributed by atoms with Gasteiger partial charge in [0.15, 0.2) is 0 Å². The number of aromatic nitrogens is 1. The zero-order valence-electron chi connectivity index (χ0n) is 24.8. The lowest BCUT2D eigenvalue weighted by Crippen LogP contribution is -2.48. The van der Waals surface area contributed by atoms with Crippen molar-refractivity contribution in [1.29, 1.82) is 0 Å². The van der Waals surface area contributed by atoms with Crippen LogP contribution in [0.4, 0.5) is 52.2 Å². The van der Waals surface area contributed by atoms with Gasteiger partial charge in [-0.05, 0) is 63.9 Å². The second-order valence-corrected chi connectivity index (χ2v) is 12.1. The summed E-state index contributed by atoms with van der Waals surface area (Å²) in [5.41, 5.74) is -4.40. The molecule has 1 aliphatic carbocycles. The average Bonchev–Trinajstić information content (AvgIpc) is 3.22. The average molecular weight is 682 g/mol. The summed E-state index contributed by atoms with van der Waals surface area (Å²) in [5, 5.41) is 17.4. The Hall–Kier alpha value is -3.77. The number of nitrogens with zero attached hydrogens (tertiary/aromatic N) is 2. The fourth-order valence-electron chi connectivity index (χ4n) is 6.14. The first kappa shape index (κ1) is 34.6. The molecule has 0 atom stereocenters. The molecule has 2 fully saturated rings. The van der Waals surface area contributed by atoms with Crippen LogP contribution in [0.15, 0.2) is 24.3 Å². The van der Waals surface area contributed by atoms with E-state index in [-0.39, 0.29) is 56.2 Å². The molecule has 1 spiro atoms. The zero-order valence-corrected chi connectivity index (χ0v) is 24.8. The number of hydrogen-bond acceptors (Lipinski definition) is 8. The van der Waals surface area contributed by atoms with Gasteiger partial charge in [0, 0.05) is 18.7 Å².